The molecule has 2 aromatic heterocycles. The SMILES string of the molecule is C=CC(=O)N1CC=C(c2ncc(C(C)C(=O)Nc3cc(C4CC4)[nH]n3)cc2Cl)CC1. The van der Waals surface area contributed by atoms with Crippen LogP contribution in [0.1, 0.15) is 55.0 Å². The van der Waals surface area contributed by atoms with Gasteiger partial charge in [-0.2, -0.15) is 5.10 Å². The summed E-state index contributed by atoms with van der Waals surface area (Å²) in [7, 11) is 0. The van der Waals surface area contributed by atoms with Crippen LogP contribution in [0.3, 0.4) is 0 Å². The largest absolute Gasteiger partial charge is 0.335 e. The Morgan fingerprint density at radius 2 is 2.20 bits per heavy atom. The van der Waals surface area contributed by atoms with Crippen molar-refractivity contribution in [3.63, 3.8) is 0 Å². The summed E-state index contributed by atoms with van der Waals surface area (Å²) < 4.78 is 0. The van der Waals surface area contributed by atoms with Crippen molar-refractivity contribution in [2.45, 2.75) is 38.0 Å². The van der Waals surface area contributed by atoms with Gasteiger partial charge in [-0.05, 0) is 49.5 Å². The van der Waals surface area contributed by atoms with Crippen LogP contribution in [-0.4, -0.2) is 45.0 Å². The molecule has 0 spiro atoms. The summed E-state index contributed by atoms with van der Waals surface area (Å²) in [5.41, 5.74) is 3.50. The number of pyridine rings is 1. The van der Waals surface area contributed by atoms with Gasteiger partial charge < -0.3 is 10.2 Å². The molecule has 1 unspecified atom stereocenters. The highest BCUT2D eigenvalue weighted by Crippen LogP contribution is 2.39. The van der Waals surface area contributed by atoms with Gasteiger partial charge in [0.25, 0.3) is 0 Å². The monoisotopic (exact) mass is 425 g/mol. The Labute approximate surface area is 180 Å². The number of amides is 2. The minimum Gasteiger partial charge on any atom is -0.335 e. The lowest BCUT2D eigenvalue weighted by atomic mass is 9.99. The molecule has 156 valence electrons. The smallest absolute Gasteiger partial charge is 0.246 e. The number of halogens is 1. The molecule has 0 aromatic carbocycles. The van der Waals surface area contributed by atoms with Crippen LogP contribution in [-0.2, 0) is 9.59 Å². The molecule has 0 bridgehead atoms. The summed E-state index contributed by atoms with van der Waals surface area (Å²) >= 11 is 6.49. The molecule has 4 rings (SSSR count). The van der Waals surface area contributed by atoms with E-state index in [-0.39, 0.29) is 11.8 Å². The van der Waals surface area contributed by atoms with E-state index in [9.17, 15) is 9.59 Å². The molecule has 1 fully saturated rings. The maximum Gasteiger partial charge on any atom is 0.246 e. The van der Waals surface area contributed by atoms with Gasteiger partial charge in [0.05, 0.1) is 16.6 Å². The molecular formula is C22H24ClN5O2. The molecule has 1 saturated carbocycles. The highest BCUT2D eigenvalue weighted by Gasteiger charge is 2.26. The Kier molecular flexibility index (Phi) is 5.72. The van der Waals surface area contributed by atoms with E-state index in [4.69, 9.17) is 11.6 Å². The first kappa shape index (κ1) is 20.3. The summed E-state index contributed by atoms with van der Waals surface area (Å²) in [6.07, 6.45) is 7.98. The van der Waals surface area contributed by atoms with Crippen LogP contribution in [0.2, 0.25) is 5.02 Å². The summed E-state index contributed by atoms with van der Waals surface area (Å²) in [6.45, 7) is 6.44. The van der Waals surface area contributed by atoms with E-state index < -0.39 is 5.92 Å². The van der Waals surface area contributed by atoms with Gasteiger partial charge in [0.15, 0.2) is 5.82 Å². The molecule has 1 aliphatic carbocycles. The molecule has 0 saturated heterocycles. The van der Waals surface area contributed by atoms with Crippen LogP contribution in [0.15, 0.2) is 37.1 Å². The first-order chi connectivity index (χ1) is 14.5. The Hall–Kier alpha value is -2.93. The average Bonchev–Trinajstić information content (AvgIpc) is 3.51. The quantitative estimate of drug-likeness (QED) is 0.687. The van der Waals surface area contributed by atoms with Crippen LogP contribution in [0.25, 0.3) is 5.57 Å². The number of rotatable bonds is 6. The molecule has 0 radical (unpaired) electrons. The predicted octanol–water partition coefficient (Wildman–Crippen LogP) is 3.88. The molecule has 3 heterocycles. The number of H-pyrrole nitrogens is 1. The molecule has 2 N–H and O–H groups in total. The molecule has 1 atom stereocenters. The van der Waals surface area contributed by atoms with Gasteiger partial charge in [0.1, 0.15) is 0 Å². The third-order valence-electron chi connectivity index (χ3n) is 5.62. The fourth-order valence-electron chi connectivity index (χ4n) is 3.53. The Morgan fingerprint density at radius 3 is 2.83 bits per heavy atom. The van der Waals surface area contributed by atoms with E-state index in [0.29, 0.717) is 42.0 Å². The van der Waals surface area contributed by atoms with E-state index in [1.54, 1.807) is 17.2 Å². The number of hydrogen-bond acceptors (Lipinski definition) is 4. The fraction of sp³-hybridized carbons (Fsp3) is 0.364. The van der Waals surface area contributed by atoms with Crippen LogP contribution >= 0.6 is 11.6 Å². The lowest BCUT2D eigenvalue weighted by molar-refractivity contribution is -0.125. The number of nitrogens with one attached hydrogen (secondary N) is 2. The number of carbonyl (C=O) groups excluding carboxylic acids is 2. The number of anilines is 1. The number of aromatic amines is 1. The van der Waals surface area contributed by atoms with Gasteiger partial charge in [-0.15, -0.1) is 0 Å². The van der Waals surface area contributed by atoms with Gasteiger partial charge in [-0.25, -0.2) is 0 Å². The normalized spacial score (nSPS) is 17.3. The van der Waals surface area contributed by atoms with Crippen molar-refractivity contribution in [1.82, 2.24) is 20.1 Å². The predicted molar refractivity (Wildman–Crippen MR) is 116 cm³/mol. The second-order valence-electron chi connectivity index (χ2n) is 7.76. The molecule has 2 aliphatic rings. The summed E-state index contributed by atoms with van der Waals surface area (Å²) in [4.78, 5) is 30.6. The molecule has 30 heavy (non-hydrogen) atoms. The summed E-state index contributed by atoms with van der Waals surface area (Å²) in [6, 6.07) is 3.68. The van der Waals surface area contributed by atoms with Crippen LogP contribution in [0.5, 0.6) is 0 Å². The van der Waals surface area contributed by atoms with Crippen molar-refractivity contribution in [1.29, 1.82) is 0 Å². The van der Waals surface area contributed by atoms with Gasteiger partial charge in [-0.1, -0.05) is 24.3 Å². The van der Waals surface area contributed by atoms with Crippen LogP contribution < -0.4 is 5.32 Å². The number of nitrogens with zero attached hydrogens (tertiary/aromatic N) is 3. The zero-order valence-electron chi connectivity index (χ0n) is 16.8. The molecule has 2 amide bonds. The minimum atomic E-state index is -0.425. The maximum absolute atomic E-state index is 12.6. The molecule has 1 aliphatic heterocycles. The zero-order valence-corrected chi connectivity index (χ0v) is 17.6. The van der Waals surface area contributed by atoms with E-state index in [1.807, 2.05) is 19.1 Å². The van der Waals surface area contributed by atoms with Crippen molar-refractivity contribution in [3.05, 3.63) is 59.0 Å². The Balaban J connectivity index is 1.43. The van der Waals surface area contributed by atoms with E-state index in [1.165, 1.54) is 18.9 Å². The van der Waals surface area contributed by atoms with Gasteiger partial charge in [0, 0.05) is 37.0 Å². The number of aromatic nitrogens is 3. The molecular weight excluding hydrogens is 402 g/mol. The van der Waals surface area contributed by atoms with Gasteiger partial charge >= 0.3 is 0 Å². The van der Waals surface area contributed by atoms with Crippen molar-refractivity contribution in [2.75, 3.05) is 18.4 Å². The minimum absolute atomic E-state index is 0.0827. The second kappa shape index (κ2) is 8.44. The number of hydrogen-bond donors (Lipinski definition) is 2. The standard InChI is InChI=1S/C22H24ClN5O2/c1-3-20(29)28-8-6-15(7-9-28)21-17(23)10-16(12-24-21)13(2)22(30)25-19-11-18(26-27-19)14-4-5-14/h3,6,10-14H,1,4-5,7-9H2,2H3,(H2,25,26,27,30). The van der Waals surface area contributed by atoms with E-state index >= 15 is 0 Å². The molecule has 7 nitrogen and oxygen atoms in total. The first-order valence-corrected chi connectivity index (χ1v) is 10.5. The van der Waals surface area contributed by atoms with Crippen molar-refractivity contribution >= 4 is 34.8 Å². The maximum atomic E-state index is 12.6. The van der Waals surface area contributed by atoms with E-state index in [2.05, 4.69) is 27.1 Å². The van der Waals surface area contributed by atoms with E-state index in [0.717, 1.165) is 16.8 Å². The highest BCUT2D eigenvalue weighted by atomic mass is 35.5. The third kappa shape index (κ3) is 4.31. The first-order valence-electron chi connectivity index (χ1n) is 10.1. The second-order valence-corrected chi connectivity index (χ2v) is 8.17. The van der Waals surface area contributed by atoms with Crippen molar-refractivity contribution in [3.8, 4) is 0 Å². The highest BCUT2D eigenvalue weighted by molar-refractivity contribution is 6.32. The lowest BCUT2D eigenvalue weighted by Crippen LogP contribution is -2.33. The fourth-order valence-corrected chi connectivity index (χ4v) is 3.83. The Morgan fingerprint density at radius 1 is 1.40 bits per heavy atom. The molecule has 2 aromatic rings. The van der Waals surface area contributed by atoms with Gasteiger partial charge in [-0.3, -0.25) is 19.7 Å². The topological polar surface area (TPSA) is 91.0 Å². The summed E-state index contributed by atoms with van der Waals surface area (Å²) in [5, 5.41) is 10.5. The molecule has 8 heteroatoms. The third-order valence-corrected chi connectivity index (χ3v) is 5.91. The number of carbonyl (C=O) groups is 2. The summed E-state index contributed by atoms with van der Waals surface area (Å²) in [5.74, 6) is 0.416. The average molecular weight is 426 g/mol. The Bertz CT molecular complexity index is 1020. The zero-order chi connectivity index (χ0) is 21.3. The lowest BCUT2D eigenvalue weighted by Gasteiger charge is -2.25. The van der Waals surface area contributed by atoms with Crippen LogP contribution in [0.4, 0.5) is 5.82 Å². The van der Waals surface area contributed by atoms with Crippen LogP contribution in [0, 0.1) is 0 Å². The van der Waals surface area contributed by atoms with Gasteiger partial charge in [0.2, 0.25) is 11.8 Å². The van der Waals surface area contributed by atoms with Crippen molar-refractivity contribution < 1.29 is 9.59 Å². The van der Waals surface area contributed by atoms with Crippen molar-refractivity contribution in [2.24, 2.45) is 0 Å².